The van der Waals surface area contributed by atoms with Crippen molar-refractivity contribution >= 4 is 5.97 Å². The number of aromatic carboxylic acids is 1. The van der Waals surface area contributed by atoms with Gasteiger partial charge in [-0.1, -0.05) is 31.8 Å². The molecule has 0 aliphatic heterocycles. The molecule has 1 aromatic rings. The first-order valence-corrected chi connectivity index (χ1v) is 6.35. The standard InChI is InChI=1S/C13H19NO3/c1-3-10-11(13(15)16)12(14-17-10)9-6-4-5-8(2)7-9/h8-9H,3-7H2,1-2H3,(H,15,16). The van der Waals surface area contributed by atoms with E-state index in [4.69, 9.17) is 4.52 Å². The van der Waals surface area contributed by atoms with Crippen molar-refractivity contribution in [3.8, 4) is 0 Å². The quantitative estimate of drug-likeness (QED) is 0.876. The first kappa shape index (κ1) is 12.1. The number of carbonyl (C=O) groups is 1. The maximum atomic E-state index is 11.3. The van der Waals surface area contributed by atoms with Gasteiger partial charge in [-0.05, 0) is 18.8 Å². The van der Waals surface area contributed by atoms with E-state index in [0.717, 1.165) is 19.3 Å². The van der Waals surface area contributed by atoms with Crippen LogP contribution in [0.3, 0.4) is 0 Å². The lowest BCUT2D eigenvalue weighted by atomic mass is 9.79. The third-order valence-electron chi connectivity index (χ3n) is 3.65. The maximum absolute atomic E-state index is 11.3. The van der Waals surface area contributed by atoms with E-state index in [1.54, 1.807) is 0 Å². The molecule has 1 saturated carbocycles. The molecule has 2 atom stereocenters. The summed E-state index contributed by atoms with van der Waals surface area (Å²) >= 11 is 0. The number of aromatic nitrogens is 1. The van der Waals surface area contributed by atoms with Crippen molar-refractivity contribution in [3.63, 3.8) is 0 Å². The molecule has 4 heteroatoms. The molecular weight excluding hydrogens is 218 g/mol. The summed E-state index contributed by atoms with van der Waals surface area (Å²) in [7, 11) is 0. The van der Waals surface area contributed by atoms with Gasteiger partial charge in [0.25, 0.3) is 0 Å². The molecule has 94 valence electrons. The van der Waals surface area contributed by atoms with E-state index in [1.165, 1.54) is 6.42 Å². The van der Waals surface area contributed by atoms with Crippen LogP contribution in [0.5, 0.6) is 0 Å². The number of hydrogen-bond acceptors (Lipinski definition) is 3. The molecule has 1 heterocycles. The van der Waals surface area contributed by atoms with Gasteiger partial charge in [0.15, 0.2) is 5.76 Å². The highest BCUT2D eigenvalue weighted by Crippen LogP contribution is 2.37. The minimum absolute atomic E-state index is 0.258. The monoisotopic (exact) mass is 237 g/mol. The minimum atomic E-state index is -0.906. The van der Waals surface area contributed by atoms with E-state index < -0.39 is 5.97 Å². The Bertz CT molecular complexity index is 411. The fraction of sp³-hybridized carbons (Fsp3) is 0.692. The molecule has 1 aliphatic carbocycles. The fourth-order valence-corrected chi connectivity index (χ4v) is 2.77. The molecule has 0 saturated heterocycles. The molecule has 0 radical (unpaired) electrons. The Labute approximate surface area is 101 Å². The van der Waals surface area contributed by atoms with Crippen LogP contribution in [0, 0.1) is 5.92 Å². The van der Waals surface area contributed by atoms with E-state index in [0.29, 0.717) is 29.4 Å². The predicted molar refractivity (Wildman–Crippen MR) is 63.2 cm³/mol. The third kappa shape index (κ3) is 2.35. The van der Waals surface area contributed by atoms with Crippen molar-refractivity contribution in [2.24, 2.45) is 5.92 Å². The lowest BCUT2D eigenvalue weighted by Crippen LogP contribution is -2.15. The molecule has 1 aliphatic rings. The number of carboxylic acids is 1. The summed E-state index contributed by atoms with van der Waals surface area (Å²) in [6.45, 7) is 4.10. The van der Waals surface area contributed by atoms with Gasteiger partial charge in [-0.2, -0.15) is 0 Å². The van der Waals surface area contributed by atoms with Crippen LogP contribution in [0.2, 0.25) is 0 Å². The number of rotatable bonds is 3. The van der Waals surface area contributed by atoms with E-state index >= 15 is 0 Å². The van der Waals surface area contributed by atoms with Crippen LogP contribution in [0.1, 0.15) is 67.3 Å². The number of nitrogens with zero attached hydrogens (tertiary/aromatic N) is 1. The van der Waals surface area contributed by atoms with Crippen molar-refractivity contribution in [3.05, 3.63) is 17.0 Å². The lowest BCUT2D eigenvalue weighted by molar-refractivity contribution is 0.0692. The number of hydrogen-bond donors (Lipinski definition) is 1. The molecule has 17 heavy (non-hydrogen) atoms. The van der Waals surface area contributed by atoms with Gasteiger partial charge in [-0.25, -0.2) is 4.79 Å². The molecule has 0 bridgehead atoms. The first-order valence-electron chi connectivity index (χ1n) is 6.35. The average molecular weight is 237 g/mol. The van der Waals surface area contributed by atoms with Crippen molar-refractivity contribution in [2.45, 2.75) is 51.9 Å². The number of carboxylic acid groups (broad SMARTS) is 1. The van der Waals surface area contributed by atoms with Gasteiger partial charge in [-0.3, -0.25) is 0 Å². The SMILES string of the molecule is CCc1onc(C2CCCC(C)C2)c1C(=O)O. The smallest absolute Gasteiger partial charge is 0.341 e. The highest BCUT2D eigenvalue weighted by molar-refractivity contribution is 5.90. The molecule has 0 aromatic carbocycles. The summed E-state index contributed by atoms with van der Waals surface area (Å²) in [5.74, 6) is 0.508. The van der Waals surface area contributed by atoms with Crippen LogP contribution >= 0.6 is 0 Å². The molecule has 2 rings (SSSR count). The molecule has 1 aromatic heterocycles. The lowest BCUT2D eigenvalue weighted by Gasteiger charge is -2.25. The van der Waals surface area contributed by atoms with Crippen LogP contribution in [-0.2, 0) is 6.42 Å². The largest absolute Gasteiger partial charge is 0.477 e. The van der Waals surface area contributed by atoms with Gasteiger partial charge in [0.05, 0.1) is 0 Å². The highest BCUT2D eigenvalue weighted by atomic mass is 16.5. The van der Waals surface area contributed by atoms with Crippen LogP contribution in [0.15, 0.2) is 4.52 Å². The van der Waals surface area contributed by atoms with Gasteiger partial charge >= 0.3 is 5.97 Å². The fourth-order valence-electron chi connectivity index (χ4n) is 2.77. The molecule has 1 fully saturated rings. The summed E-state index contributed by atoms with van der Waals surface area (Å²) in [5, 5.41) is 13.3. The predicted octanol–water partition coefficient (Wildman–Crippen LogP) is 3.23. The molecule has 0 amide bonds. The Hall–Kier alpha value is -1.32. The van der Waals surface area contributed by atoms with Crippen LogP contribution in [-0.4, -0.2) is 16.2 Å². The van der Waals surface area contributed by atoms with Gasteiger partial charge in [-0.15, -0.1) is 0 Å². The molecule has 4 nitrogen and oxygen atoms in total. The third-order valence-corrected chi connectivity index (χ3v) is 3.65. The molecule has 0 spiro atoms. The second kappa shape index (κ2) is 4.90. The van der Waals surface area contributed by atoms with Crippen LogP contribution < -0.4 is 0 Å². The number of aryl methyl sites for hydroxylation is 1. The molecular formula is C13H19NO3. The average Bonchev–Trinajstić information content (AvgIpc) is 2.72. The van der Waals surface area contributed by atoms with Crippen LogP contribution in [0.4, 0.5) is 0 Å². The first-order chi connectivity index (χ1) is 8.13. The summed E-state index contributed by atoms with van der Waals surface area (Å²) in [6, 6.07) is 0. The van der Waals surface area contributed by atoms with Crippen molar-refractivity contribution in [1.82, 2.24) is 5.16 Å². The Morgan fingerprint density at radius 3 is 2.88 bits per heavy atom. The van der Waals surface area contributed by atoms with Gasteiger partial charge in [0.1, 0.15) is 11.3 Å². The summed E-state index contributed by atoms with van der Waals surface area (Å²) < 4.78 is 5.16. The van der Waals surface area contributed by atoms with E-state index in [9.17, 15) is 9.90 Å². The van der Waals surface area contributed by atoms with Crippen molar-refractivity contribution < 1.29 is 14.4 Å². The second-order valence-corrected chi connectivity index (χ2v) is 4.99. The zero-order valence-electron chi connectivity index (χ0n) is 10.4. The summed E-state index contributed by atoms with van der Waals surface area (Å²) in [5.41, 5.74) is 0.979. The maximum Gasteiger partial charge on any atom is 0.341 e. The van der Waals surface area contributed by atoms with Gasteiger partial charge in [0.2, 0.25) is 0 Å². The van der Waals surface area contributed by atoms with E-state index in [2.05, 4.69) is 12.1 Å². The minimum Gasteiger partial charge on any atom is -0.477 e. The summed E-state index contributed by atoms with van der Waals surface area (Å²) in [6.07, 6.45) is 5.02. The van der Waals surface area contributed by atoms with E-state index in [1.807, 2.05) is 6.92 Å². The van der Waals surface area contributed by atoms with Crippen molar-refractivity contribution in [2.75, 3.05) is 0 Å². The van der Waals surface area contributed by atoms with Gasteiger partial charge < -0.3 is 9.63 Å². The highest BCUT2D eigenvalue weighted by Gasteiger charge is 2.30. The van der Waals surface area contributed by atoms with Crippen molar-refractivity contribution in [1.29, 1.82) is 0 Å². The zero-order valence-corrected chi connectivity index (χ0v) is 10.4. The second-order valence-electron chi connectivity index (χ2n) is 4.99. The van der Waals surface area contributed by atoms with Gasteiger partial charge in [0, 0.05) is 12.3 Å². The Morgan fingerprint density at radius 1 is 1.53 bits per heavy atom. The Balaban J connectivity index is 2.31. The molecule has 1 N–H and O–H groups in total. The normalized spacial score (nSPS) is 24.8. The Kier molecular flexibility index (Phi) is 3.50. The molecule has 2 unspecified atom stereocenters. The zero-order chi connectivity index (χ0) is 12.4. The summed E-state index contributed by atoms with van der Waals surface area (Å²) in [4.78, 5) is 11.3. The van der Waals surface area contributed by atoms with E-state index in [-0.39, 0.29) is 5.92 Å². The Morgan fingerprint density at radius 2 is 2.29 bits per heavy atom. The topological polar surface area (TPSA) is 63.3 Å². The van der Waals surface area contributed by atoms with Crippen LogP contribution in [0.25, 0.3) is 0 Å².